The number of fused-ring (bicyclic) bond motifs is 1. The fourth-order valence-electron chi connectivity index (χ4n) is 2.38. The number of imidazole rings is 1. The lowest BCUT2D eigenvalue weighted by Crippen LogP contribution is -2.13. The summed E-state index contributed by atoms with van der Waals surface area (Å²) in [7, 11) is 0. The Morgan fingerprint density at radius 1 is 1.50 bits per heavy atom. The Morgan fingerprint density at radius 2 is 2.28 bits per heavy atom. The van der Waals surface area contributed by atoms with Crippen molar-refractivity contribution in [2.24, 2.45) is 5.92 Å². The van der Waals surface area contributed by atoms with Crippen LogP contribution in [-0.2, 0) is 6.54 Å². The number of hydrogen-bond donors (Lipinski definition) is 2. The monoisotopic (exact) mass is 245 g/mol. The Balaban J connectivity index is 2.09. The van der Waals surface area contributed by atoms with E-state index in [1.54, 1.807) is 0 Å². The lowest BCUT2D eigenvalue weighted by Gasteiger charge is -2.13. The molecular formula is C14H19N3O. The second-order valence-corrected chi connectivity index (χ2v) is 5.39. The summed E-state index contributed by atoms with van der Waals surface area (Å²) in [5.41, 5.74) is 8.67. The van der Waals surface area contributed by atoms with Gasteiger partial charge in [-0.05, 0) is 37.0 Å². The first-order chi connectivity index (χ1) is 8.69. The molecule has 0 amide bonds. The summed E-state index contributed by atoms with van der Waals surface area (Å²) >= 11 is 0. The lowest BCUT2D eigenvalue weighted by molar-refractivity contribution is 0.223. The Kier molecular flexibility index (Phi) is 2.74. The average Bonchev–Trinajstić information content (AvgIpc) is 3.14. The predicted octanol–water partition coefficient (Wildman–Crippen LogP) is 2.12. The van der Waals surface area contributed by atoms with Crippen LogP contribution in [0.15, 0.2) is 18.2 Å². The summed E-state index contributed by atoms with van der Waals surface area (Å²) in [6.45, 7) is 3.08. The summed E-state index contributed by atoms with van der Waals surface area (Å²) in [5, 5.41) is 9.24. The first-order valence-corrected chi connectivity index (χ1v) is 6.55. The molecule has 0 saturated heterocycles. The molecular weight excluding hydrogens is 226 g/mol. The van der Waals surface area contributed by atoms with Gasteiger partial charge in [-0.25, -0.2) is 4.98 Å². The van der Waals surface area contributed by atoms with E-state index in [0.29, 0.717) is 5.92 Å². The van der Waals surface area contributed by atoms with E-state index in [4.69, 9.17) is 10.7 Å². The third kappa shape index (κ3) is 1.97. The largest absolute Gasteiger partial charge is 0.399 e. The van der Waals surface area contributed by atoms with E-state index in [1.807, 2.05) is 18.2 Å². The molecule has 0 aliphatic heterocycles. The van der Waals surface area contributed by atoms with Gasteiger partial charge in [0.25, 0.3) is 0 Å². The van der Waals surface area contributed by atoms with Gasteiger partial charge in [-0.1, -0.05) is 6.92 Å². The van der Waals surface area contributed by atoms with Crippen LogP contribution in [0.2, 0.25) is 0 Å². The second-order valence-electron chi connectivity index (χ2n) is 5.39. The first kappa shape index (κ1) is 11.5. The predicted molar refractivity (Wildman–Crippen MR) is 72.4 cm³/mol. The molecule has 3 rings (SSSR count). The van der Waals surface area contributed by atoms with Gasteiger partial charge >= 0.3 is 0 Å². The Morgan fingerprint density at radius 3 is 2.94 bits per heavy atom. The fraction of sp³-hybridized carbons (Fsp3) is 0.500. The number of rotatable bonds is 4. The van der Waals surface area contributed by atoms with Crippen molar-refractivity contribution in [3.8, 4) is 0 Å². The highest BCUT2D eigenvalue weighted by molar-refractivity contribution is 5.79. The van der Waals surface area contributed by atoms with Gasteiger partial charge in [0, 0.05) is 24.8 Å². The molecule has 1 aliphatic carbocycles. The maximum Gasteiger partial charge on any atom is 0.113 e. The van der Waals surface area contributed by atoms with E-state index >= 15 is 0 Å². The minimum absolute atomic E-state index is 0.207. The van der Waals surface area contributed by atoms with E-state index in [1.165, 1.54) is 12.8 Å². The number of nitrogens with two attached hydrogens (primary N) is 1. The molecule has 4 nitrogen and oxygen atoms in total. The zero-order valence-corrected chi connectivity index (χ0v) is 10.6. The van der Waals surface area contributed by atoms with E-state index in [9.17, 15) is 5.11 Å². The molecule has 0 spiro atoms. The van der Waals surface area contributed by atoms with Crippen LogP contribution in [0.4, 0.5) is 5.69 Å². The third-order valence-electron chi connectivity index (χ3n) is 3.55. The van der Waals surface area contributed by atoms with Crippen molar-refractivity contribution in [1.29, 1.82) is 0 Å². The van der Waals surface area contributed by atoms with Crippen LogP contribution in [0.25, 0.3) is 11.0 Å². The fourth-order valence-corrected chi connectivity index (χ4v) is 2.38. The van der Waals surface area contributed by atoms with E-state index in [2.05, 4.69) is 11.5 Å². The van der Waals surface area contributed by atoms with Crippen molar-refractivity contribution in [1.82, 2.24) is 9.55 Å². The molecule has 3 N–H and O–H groups in total. The van der Waals surface area contributed by atoms with Gasteiger partial charge in [-0.2, -0.15) is 0 Å². The summed E-state index contributed by atoms with van der Waals surface area (Å²) < 4.78 is 2.26. The second kappa shape index (κ2) is 4.28. The van der Waals surface area contributed by atoms with Crippen LogP contribution < -0.4 is 5.73 Å². The van der Waals surface area contributed by atoms with Crippen LogP contribution in [0.1, 0.15) is 31.5 Å². The van der Waals surface area contributed by atoms with Crippen molar-refractivity contribution in [2.75, 3.05) is 12.3 Å². The summed E-state index contributed by atoms with van der Waals surface area (Å²) in [5.74, 6) is 2.01. The number of aliphatic hydroxyl groups is 1. The zero-order valence-electron chi connectivity index (χ0n) is 10.6. The summed E-state index contributed by atoms with van der Waals surface area (Å²) in [4.78, 5) is 4.72. The van der Waals surface area contributed by atoms with Crippen molar-refractivity contribution in [2.45, 2.75) is 32.2 Å². The van der Waals surface area contributed by atoms with Gasteiger partial charge in [0.1, 0.15) is 5.82 Å². The topological polar surface area (TPSA) is 64.1 Å². The third-order valence-corrected chi connectivity index (χ3v) is 3.55. The Labute approximate surface area is 106 Å². The quantitative estimate of drug-likeness (QED) is 0.811. The van der Waals surface area contributed by atoms with Gasteiger partial charge in [0.05, 0.1) is 11.0 Å². The van der Waals surface area contributed by atoms with Crippen LogP contribution in [0, 0.1) is 5.92 Å². The molecule has 18 heavy (non-hydrogen) atoms. The molecule has 1 heterocycles. The number of benzene rings is 1. The first-order valence-electron chi connectivity index (χ1n) is 6.55. The maximum atomic E-state index is 9.24. The van der Waals surface area contributed by atoms with Gasteiger partial charge in [0.15, 0.2) is 0 Å². The molecule has 96 valence electrons. The number of anilines is 1. The van der Waals surface area contributed by atoms with E-state index < -0.39 is 0 Å². The highest BCUT2D eigenvalue weighted by Crippen LogP contribution is 2.41. The zero-order chi connectivity index (χ0) is 12.7. The Bertz CT molecular complexity index is 572. The molecule has 1 unspecified atom stereocenters. The van der Waals surface area contributed by atoms with Crippen LogP contribution >= 0.6 is 0 Å². The van der Waals surface area contributed by atoms with Crippen LogP contribution in [0.5, 0.6) is 0 Å². The number of nitrogens with zero attached hydrogens (tertiary/aromatic N) is 2. The normalized spacial score (nSPS) is 17.2. The van der Waals surface area contributed by atoms with Crippen LogP contribution in [0.3, 0.4) is 0 Å². The molecule has 4 heteroatoms. The summed E-state index contributed by atoms with van der Waals surface area (Å²) in [6.07, 6.45) is 2.46. The molecule has 0 bridgehead atoms. The van der Waals surface area contributed by atoms with Crippen molar-refractivity contribution < 1.29 is 5.11 Å². The molecule has 0 radical (unpaired) electrons. The lowest BCUT2D eigenvalue weighted by atomic mass is 10.2. The van der Waals surface area contributed by atoms with Crippen molar-refractivity contribution in [3.05, 3.63) is 24.0 Å². The molecule has 1 atom stereocenters. The molecule has 1 aromatic carbocycles. The standard InChI is InChI=1S/C14H19N3O/c1-9(8-18)7-17-13-5-4-11(15)6-12(13)16-14(17)10-2-3-10/h4-6,9-10,18H,2-3,7-8,15H2,1H3. The van der Waals surface area contributed by atoms with Crippen molar-refractivity contribution in [3.63, 3.8) is 0 Å². The molecule has 2 aromatic rings. The average molecular weight is 245 g/mol. The van der Waals surface area contributed by atoms with E-state index in [0.717, 1.165) is 29.1 Å². The molecule has 1 saturated carbocycles. The van der Waals surface area contributed by atoms with Crippen molar-refractivity contribution >= 4 is 16.7 Å². The van der Waals surface area contributed by atoms with Gasteiger partial charge in [-0.15, -0.1) is 0 Å². The molecule has 1 aromatic heterocycles. The van der Waals surface area contributed by atoms with Gasteiger partial charge in [-0.3, -0.25) is 0 Å². The minimum Gasteiger partial charge on any atom is -0.399 e. The van der Waals surface area contributed by atoms with Gasteiger partial charge < -0.3 is 15.4 Å². The molecule has 1 fully saturated rings. The minimum atomic E-state index is 0.207. The molecule has 1 aliphatic rings. The van der Waals surface area contributed by atoms with E-state index in [-0.39, 0.29) is 12.5 Å². The maximum absolute atomic E-state index is 9.24. The highest BCUT2D eigenvalue weighted by atomic mass is 16.3. The van der Waals surface area contributed by atoms with Gasteiger partial charge in [0.2, 0.25) is 0 Å². The smallest absolute Gasteiger partial charge is 0.113 e. The Hall–Kier alpha value is -1.55. The van der Waals surface area contributed by atoms with Crippen LogP contribution in [-0.4, -0.2) is 21.3 Å². The number of nitrogen functional groups attached to an aromatic ring is 1. The SMILES string of the molecule is CC(CO)Cn1c(C2CC2)nc2cc(N)ccc21. The number of aromatic nitrogens is 2. The number of hydrogen-bond acceptors (Lipinski definition) is 3. The highest BCUT2D eigenvalue weighted by Gasteiger charge is 2.29. The number of aliphatic hydroxyl groups excluding tert-OH is 1. The summed E-state index contributed by atoms with van der Waals surface area (Å²) in [6, 6.07) is 5.88.